The summed E-state index contributed by atoms with van der Waals surface area (Å²) in [7, 11) is 0. The first-order valence-electron chi connectivity index (χ1n) is 6.14. The Morgan fingerprint density at radius 3 is 2.38 bits per heavy atom. The fraction of sp³-hybridized carbons (Fsp3) is 0.385. The maximum Gasteiger partial charge on any atom is 0.332 e. The molecular weight excluding hydrogens is 278 g/mol. The first kappa shape index (κ1) is 16.6. The van der Waals surface area contributed by atoms with Crippen LogP contribution in [0.25, 0.3) is 0 Å². The largest absolute Gasteiger partial charge is 0.350 e. The highest BCUT2D eigenvalue weighted by atomic mass is 16.7. The maximum atomic E-state index is 11.8. The number of carbonyl (C=O) groups excluding carboxylic acids is 2. The number of nitro groups is 1. The highest BCUT2D eigenvalue weighted by Crippen LogP contribution is 2.18. The number of hydrogen-bond donors (Lipinski definition) is 2. The molecule has 1 amide bonds. The molecule has 0 radical (unpaired) electrons. The van der Waals surface area contributed by atoms with E-state index in [2.05, 4.69) is 15.9 Å². The van der Waals surface area contributed by atoms with E-state index >= 15 is 0 Å². The van der Waals surface area contributed by atoms with Crippen molar-refractivity contribution < 1.29 is 19.3 Å². The van der Waals surface area contributed by atoms with E-state index in [9.17, 15) is 19.7 Å². The van der Waals surface area contributed by atoms with E-state index < -0.39 is 22.2 Å². The molecular formula is C13H17N3O5. The fourth-order valence-electron chi connectivity index (χ4n) is 1.35. The van der Waals surface area contributed by atoms with Gasteiger partial charge in [0.1, 0.15) is 0 Å². The summed E-state index contributed by atoms with van der Waals surface area (Å²) >= 11 is 0. The van der Waals surface area contributed by atoms with Crippen molar-refractivity contribution >= 4 is 17.6 Å². The number of amides is 1. The summed E-state index contributed by atoms with van der Waals surface area (Å²) in [4.78, 5) is 38.0. The number of nitrogens with one attached hydrogen (secondary N) is 2. The van der Waals surface area contributed by atoms with Crippen LogP contribution in [-0.2, 0) is 9.63 Å². The van der Waals surface area contributed by atoms with E-state index in [0.717, 1.165) is 0 Å². The number of nitrogens with zero attached hydrogens (tertiary/aromatic N) is 1. The third-order valence-corrected chi connectivity index (χ3v) is 2.58. The Labute approximate surface area is 121 Å². The van der Waals surface area contributed by atoms with Gasteiger partial charge in [-0.2, -0.15) is 0 Å². The van der Waals surface area contributed by atoms with Crippen LogP contribution < -0.4 is 11.0 Å². The zero-order chi connectivity index (χ0) is 16.2. The predicted octanol–water partition coefficient (Wildman–Crippen LogP) is 1.64. The van der Waals surface area contributed by atoms with E-state index in [-0.39, 0.29) is 11.3 Å². The normalized spacial score (nSPS) is 10.9. The Hall–Kier alpha value is -2.48. The van der Waals surface area contributed by atoms with Crippen LogP contribution in [0.1, 0.15) is 36.7 Å². The van der Waals surface area contributed by atoms with Crippen LogP contribution in [0.2, 0.25) is 0 Å². The number of hydrazine groups is 1. The van der Waals surface area contributed by atoms with Crippen LogP contribution in [-0.4, -0.2) is 16.8 Å². The lowest BCUT2D eigenvalue weighted by molar-refractivity contribution is -0.385. The van der Waals surface area contributed by atoms with E-state index in [0.29, 0.717) is 5.56 Å². The summed E-state index contributed by atoms with van der Waals surface area (Å²) in [5, 5.41) is 10.7. The molecule has 0 aliphatic carbocycles. The molecule has 0 saturated carbocycles. The van der Waals surface area contributed by atoms with Crippen LogP contribution >= 0.6 is 0 Å². The van der Waals surface area contributed by atoms with Gasteiger partial charge in [-0.15, -0.1) is 0 Å². The number of hydrogen-bond acceptors (Lipinski definition) is 6. The first-order chi connectivity index (χ1) is 9.62. The van der Waals surface area contributed by atoms with Crippen molar-refractivity contribution in [3.8, 4) is 0 Å². The molecule has 0 fully saturated rings. The minimum Gasteiger partial charge on any atom is -0.350 e. The molecule has 0 saturated heterocycles. The summed E-state index contributed by atoms with van der Waals surface area (Å²) in [5.41, 5.74) is 4.03. The van der Waals surface area contributed by atoms with Gasteiger partial charge >= 0.3 is 5.97 Å². The second-order valence-electron chi connectivity index (χ2n) is 5.45. The van der Waals surface area contributed by atoms with Gasteiger partial charge in [0, 0.05) is 17.2 Å². The van der Waals surface area contributed by atoms with Gasteiger partial charge in [-0.25, -0.2) is 4.79 Å². The molecule has 8 heteroatoms. The molecule has 1 aromatic carbocycles. The lowest BCUT2D eigenvalue weighted by Crippen LogP contribution is -2.41. The molecule has 0 bridgehead atoms. The molecule has 0 aliphatic rings. The van der Waals surface area contributed by atoms with Crippen molar-refractivity contribution in [1.29, 1.82) is 0 Å². The number of benzene rings is 1. The Kier molecular flexibility index (Phi) is 4.98. The van der Waals surface area contributed by atoms with Gasteiger partial charge in [-0.1, -0.05) is 5.59 Å². The van der Waals surface area contributed by atoms with Crippen LogP contribution in [0.15, 0.2) is 18.2 Å². The Morgan fingerprint density at radius 1 is 1.29 bits per heavy atom. The zero-order valence-corrected chi connectivity index (χ0v) is 12.2. The molecule has 0 aliphatic heterocycles. The lowest BCUT2D eigenvalue weighted by atomic mass is 9.98. The number of aryl methyl sites for hydroxylation is 1. The second kappa shape index (κ2) is 6.31. The van der Waals surface area contributed by atoms with E-state index in [4.69, 9.17) is 0 Å². The SMILES string of the molecule is Cc1cc(C(=O)NNOC(=O)C(C)(C)C)ccc1[N+](=O)[O-]. The topological polar surface area (TPSA) is 111 Å². The summed E-state index contributed by atoms with van der Waals surface area (Å²) in [6.45, 7) is 6.53. The Morgan fingerprint density at radius 2 is 1.90 bits per heavy atom. The average molecular weight is 295 g/mol. The van der Waals surface area contributed by atoms with Gasteiger partial charge in [0.15, 0.2) is 0 Å². The molecule has 114 valence electrons. The van der Waals surface area contributed by atoms with Crippen LogP contribution in [0, 0.1) is 22.5 Å². The molecule has 0 heterocycles. The lowest BCUT2D eigenvalue weighted by Gasteiger charge is -2.16. The molecule has 1 rings (SSSR count). The molecule has 0 aromatic heterocycles. The average Bonchev–Trinajstić information content (AvgIpc) is 2.36. The van der Waals surface area contributed by atoms with Crippen LogP contribution in [0.5, 0.6) is 0 Å². The van der Waals surface area contributed by atoms with Crippen molar-refractivity contribution in [2.75, 3.05) is 0 Å². The molecule has 8 nitrogen and oxygen atoms in total. The molecule has 0 unspecified atom stereocenters. The van der Waals surface area contributed by atoms with Gasteiger partial charge in [0.05, 0.1) is 10.3 Å². The first-order valence-corrected chi connectivity index (χ1v) is 6.14. The molecule has 2 N–H and O–H groups in total. The summed E-state index contributed by atoms with van der Waals surface area (Å²) in [6, 6.07) is 3.93. The van der Waals surface area contributed by atoms with Gasteiger partial charge in [0.25, 0.3) is 11.6 Å². The maximum absolute atomic E-state index is 11.8. The molecule has 0 atom stereocenters. The third-order valence-electron chi connectivity index (χ3n) is 2.58. The van der Waals surface area contributed by atoms with E-state index in [1.807, 2.05) is 0 Å². The Balaban J connectivity index is 2.63. The van der Waals surface area contributed by atoms with Gasteiger partial charge < -0.3 is 4.84 Å². The zero-order valence-electron chi connectivity index (χ0n) is 12.2. The summed E-state index contributed by atoms with van der Waals surface area (Å²) < 4.78 is 0. The fourth-order valence-corrected chi connectivity index (χ4v) is 1.35. The molecule has 0 spiro atoms. The summed E-state index contributed by atoms with van der Waals surface area (Å²) in [5.74, 6) is -1.11. The highest BCUT2D eigenvalue weighted by Gasteiger charge is 2.23. The smallest absolute Gasteiger partial charge is 0.332 e. The van der Waals surface area contributed by atoms with Gasteiger partial charge in [0.2, 0.25) is 0 Å². The monoisotopic (exact) mass is 295 g/mol. The number of rotatable bonds is 4. The van der Waals surface area contributed by atoms with Crippen molar-refractivity contribution in [2.24, 2.45) is 5.41 Å². The predicted molar refractivity (Wildman–Crippen MR) is 74.0 cm³/mol. The van der Waals surface area contributed by atoms with Crippen LogP contribution in [0.4, 0.5) is 5.69 Å². The molecule has 1 aromatic rings. The second-order valence-corrected chi connectivity index (χ2v) is 5.45. The van der Waals surface area contributed by atoms with Crippen molar-refractivity contribution in [3.05, 3.63) is 39.4 Å². The van der Waals surface area contributed by atoms with E-state index in [1.165, 1.54) is 25.1 Å². The highest BCUT2D eigenvalue weighted by molar-refractivity contribution is 5.94. The van der Waals surface area contributed by atoms with Crippen molar-refractivity contribution in [1.82, 2.24) is 11.0 Å². The van der Waals surface area contributed by atoms with Gasteiger partial charge in [-0.05, 0) is 39.8 Å². The summed E-state index contributed by atoms with van der Waals surface area (Å²) in [6.07, 6.45) is 0. The molecule has 21 heavy (non-hydrogen) atoms. The van der Waals surface area contributed by atoms with E-state index in [1.54, 1.807) is 20.8 Å². The third kappa shape index (κ3) is 4.53. The van der Waals surface area contributed by atoms with Gasteiger partial charge in [-0.3, -0.25) is 20.3 Å². The van der Waals surface area contributed by atoms with Crippen molar-refractivity contribution in [3.63, 3.8) is 0 Å². The number of nitro benzene ring substituents is 1. The minimum atomic E-state index is -0.707. The number of carbonyl (C=O) groups is 2. The quantitative estimate of drug-likeness (QED) is 0.645. The van der Waals surface area contributed by atoms with Crippen molar-refractivity contribution in [2.45, 2.75) is 27.7 Å². The minimum absolute atomic E-state index is 0.0707. The standard InChI is InChI=1S/C13H17N3O5/c1-8-7-9(5-6-10(8)16(19)20)11(17)14-15-21-12(18)13(2,3)4/h5-7,15H,1-4H3,(H,14,17). The van der Waals surface area contributed by atoms with Crippen LogP contribution in [0.3, 0.4) is 0 Å². The Bertz CT molecular complexity index is 578.